The Balaban J connectivity index is 0.00000121. The molecule has 2 aliphatic heterocycles. The first-order chi connectivity index (χ1) is 17.7. The number of nitrogens with zero attached hydrogens (tertiary/aromatic N) is 4. The van der Waals surface area contributed by atoms with Gasteiger partial charge in [-0.3, -0.25) is 9.78 Å². The number of carbonyl (C=O) groups is 2. The summed E-state index contributed by atoms with van der Waals surface area (Å²) in [5.74, 6) is 0.943. The van der Waals surface area contributed by atoms with Gasteiger partial charge in [-0.15, -0.1) is 0 Å². The van der Waals surface area contributed by atoms with E-state index in [2.05, 4.69) is 35.1 Å². The van der Waals surface area contributed by atoms with Crippen molar-refractivity contribution in [2.75, 3.05) is 31.5 Å². The zero-order valence-electron chi connectivity index (χ0n) is 21.5. The number of ether oxygens (including phenoxy) is 1. The molecule has 1 aromatic heterocycles. The van der Waals surface area contributed by atoms with Crippen LogP contribution in [0.15, 0.2) is 36.5 Å². The summed E-state index contributed by atoms with van der Waals surface area (Å²) in [6.07, 6.45) is 4.30. The van der Waals surface area contributed by atoms with Gasteiger partial charge in [0.1, 0.15) is 17.4 Å². The maximum absolute atomic E-state index is 13.2. The summed E-state index contributed by atoms with van der Waals surface area (Å²) in [5.41, 5.74) is 1.31. The summed E-state index contributed by atoms with van der Waals surface area (Å²) in [6.45, 7) is 9.17. The lowest BCUT2D eigenvalue weighted by atomic mass is 9.90. The summed E-state index contributed by atoms with van der Waals surface area (Å²) >= 11 is 5.97. The number of anilines is 1. The molecule has 10 heteroatoms. The fourth-order valence-corrected chi connectivity index (χ4v) is 4.99. The maximum atomic E-state index is 13.2. The van der Waals surface area contributed by atoms with Crippen molar-refractivity contribution in [3.8, 4) is 11.8 Å². The molecule has 0 saturated carbocycles. The van der Waals surface area contributed by atoms with Crippen LogP contribution in [0.5, 0.6) is 5.75 Å². The number of benzene rings is 1. The van der Waals surface area contributed by atoms with Gasteiger partial charge in [0, 0.05) is 36.1 Å². The van der Waals surface area contributed by atoms with Crippen molar-refractivity contribution in [2.45, 2.75) is 57.6 Å². The van der Waals surface area contributed by atoms with Gasteiger partial charge in [-0.05, 0) is 77.0 Å². The van der Waals surface area contributed by atoms with Gasteiger partial charge in [-0.2, -0.15) is 5.26 Å². The van der Waals surface area contributed by atoms with E-state index in [1.165, 1.54) is 0 Å². The molecule has 1 aromatic carbocycles. The van der Waals surface area contributed by atoms with Crippen molar-refractivity contribution in [1.29, 1.82) is 5.26 Å². The number of amides is 2. The quantitative estimate of drug-likeness (QED) is 0.527. The first-order valence-electron chi connectivity index (χ1n) is 12.4. The molecule has 4 rings (SSSR count). The molecule has 1 unspecified atom stereocenters. The third-order valence-corrected chi connectivity index (χ3v) is 7.13. The number of carbonyl (C=O) groups excluding carboxylic acids is 1. The summed E-state index contributed by atoms with van der Waals surface area (Å²) in [5, 5.41) is 20.3. The zero-order chi connectivity index (χ0) is 27.0. The Hall–Kier alpha value is -3.35. The summed E-state index contributed by atoms with van der Waals surface area (Å²) in [4.78, 5) is 30.4. The largest absolute Gasteiger partial charge is 0.486 e. The number of nitrogens with one attached hydrogen (secondary N) is 1. The van der Waals surface area contributed by atoms with Gasteiger partial charge in [0.15, 0.2) is 0 Å². The third kappa shape index (κ3) is 7.34. The monoisotopic (exact) mass is 527 g/mol. The minimum absolute atomic E-state index is 0.218. The predicted molar refractivity (Wildman–Crippen MR) is 142 cm³/mol. The van der Waals surface area contributed by atoms with E-state index in [9.17, 15) is 10.1 Å². The van der Waals surface area contributed by atoms with Crippen molar-refractivity contribution in [1.82, 2.24) is 14.8 Å². The van der Waals surface area contributed by atoms with Crippen LogP contribution in [0.2, 0.25) is 5.02 Å². The number of piperidine rings is 1. The number of aromatic nitrogens is 1. The number of nitriles is 1. The van der Waals surface area contributed by atoms with Crippen LogP contribution in [0.1, 0.15) is 57.2 Å². The van der Waals surface area contributed by atoms with Crippen LogP contribution >= 0.6 is 11.6 Å². The topological polar surface area (TPSA) is 119 Å². The van der Waals surface area contributed by atoms with Crippen LogP contribution in [0.4, 0.5) is 10.5 Å². The van der Waals surface area contributed by atoms with Gasteiger partial charge < -0.3 is 25.0 Å². The number of hydrogen-bond donors (Lipinski definition) is 2. The van der Waals surface area contributed by atoms with Crippen LogP contribution in [0.3, 0.4) is 0 Å². The van der Waals surface area contributed by atoms with E-state index in [4.69, 9.17) is 26.2 Å². The number of hydrogen-bond acceptors (Lipinski definition) is 6. The Morgan fingerprint density at radius 3 is 2.51 bits per heavy atom. The van der Waals surface area contributed by atoms with Gasteiger partial charge in [-0.1, -0.05) is 11.6 Å². The van der Waals surface area contributed by atoms with Gasteiger partial charge in [-0.25, -0.2) is 4.79 Å². The number of pyridine rings is 1. The molecule has 2 aliphatic rings. The first kappa shape index (κ1) is 28.2. The first-order valence-corrected chi connectivity index (χ1v) is 12.8. The number of halogens is 1. The molecule has 1 atom stereocenters. The van der Waals surface area contributed by atoms with Crippen molar-refractivity contribution < 1.29 is 19.4 Å². The van der Waals surface area contributed by atoms with E-state index in [0.29, 0.717) is 41.8 Å². The van der Waals surface area contributed by atoms with E-state index < -0.39 is 5.60 Å². The Morgan fingerprint density at radius 1 is 1.27 bits per heavy atom. The van der Waals surface area contributed by atoms with Crippen LogP contribution in [-0.2, 0) is 4.79 Å². The minimum atomic E-state index is -0.495. The molecular weight excluding hydrogens is 494 g/mol. The molecule has 0 radical (unpaired) electrons. The van der Waals surface area contributed by atoms with E-state index in [-0.39, 0.29) is 18.4 Å². The standard InChI is InChI=1S/C26H32ClN5O2.CH2O2/c1-18(2)31-13-9-19(10-14-31)23-24(20(16-28)8-12-29-23)30-25(33)32-15-11-26(3,17-32)34-22-6-4-21(27)5-7-22;2-1-3/h4-8,12,18-19H,9-11,13-15,17H2,1-3H3,(H,30,33);1H,(H,2,3). The minimum Gasteiger partial charge on any atom is -0.486 e. The molecule has 9 nitrogen and oxygen atoms in total. The molecule has 0 spiro atoms. The van der Waals surface area contributed by atoms with Crippen LogP contribution in [-0.4, -0.2) is 70.2 Å². The highest BCUT2D eigenvalue weighted by atomic mass is 35.5. The molecule has 2 N–H and O–H groups in total. The second-order valence-electron chi connectivity index (χ2n) is 9.85. The van der Waals surface area contributed by atoms with Crippen LogP contribution in [0, 0.1) is 11.3 Å². The lowest BCUT2D eigenvalue weighted by Gasteiger charge is -2.35. The fourth-order valence-electron chi connectivity index (χ4n) is 4.86. The zero-order valence-corrected chi connectivity index (χ0v) is 22.2. The average molecular weight is 528 g/mol. The van der Waals surface area contributed by atoms with E-state index in [0.717, 1.165) is 37.4 Å². The highest BCUT2D eigenvalue weighted by Crippen LogP contribution is 2.35. The van der Waals surface area contributed by atoms with Crippen LogP contribution < -0.4 is 10.1 Å². The van der Waals surface area contributed by atoms with Gasteiger partial charge >= 0.3 is 6.03 Å². The lowest BCUT2D eigenvalue weighted by molar-refractivity contribution is -0.122. The van der Waals surface area contributed by atoms with Crippen LogP contribution in [0.25, 0.3) is 0 Å². The lowest BCUT2D eigenvalue weighted by Crippen LogP contribution is -2.40. The number of urea groups is 1. The van der Waals surface area contributed by atoms with Crippen molar-refractivity contribution in [3.63, 3.8) is 0 Å². The number of likely N-dealkylation sites (tertiary alicyclic amines) is 2. The SMILES string of the molecule is CC(C)N1CCC(c2nccc(C#N)c2NC(=O)N2CCC(C)(Oc3ccc(Cl)cc3)C2)CC1.O=CO. The molecule has 2 fully saturated rings. The third-order valence-electron chi connectivity index (χ3n) is 6.88. The van der Waals surface area contributed by atoms with E-state index >= 15 is 0 Å². The Morgan fingerprint density at radius 2 is 1.92 bits per heavy atom. The van der Waals surface area contributed by atoms with Gasteiger partial charge in [0.2, 0.25) is 0 Å². The van der Waals surface area contributed by atoms with Crippen molar-refractivity contribution in [2.24, 2.45) is 0 Å². The Kier molecular flexibility index (Phi) is 9.73. The highest BCUT2D eigenvalue weighted by molar-refractivity contribution is 6.30. The Labute approximate surface area is 223 Å². The smallest absolute Gasteiger partial charge is 0.322 e. The van der Waals surface area contributed by atoms with Crippen molar-refractivity contribution in [3.05, 3.63) is 52.8 Å². The van der Waals surface area contributed by atoms with Gasteiger partial charge in [0.05, 0.1) is 23.5 Å². The number of carboxylic acid groups (broad SMARTS) is 1. The van der Waals surface area contributed by atoms with E-state index in [1.54, 1.807) is 29.3 Å². The molecule has 3 heterocycles. The molecule has 2 amide bonds. The summed E-state index contributed by atoms with van der Waals surface area (Å²) in [6, 6.07) is 11.4. The molecule has 37 heavy (non-hydrogen) atoms. The van der Waals surface area contributed by atoms with E-state index in [1.807, 2.05) is 19.1 Å². The molecule has 0 bridgehead atoms. The average Bonchev–Trinajstić information content (AvgIpc) is 3.28. The summed E-state index contributed by atoms with van der Waals surface area (Å²) in [7, 11) is 0. The molecule has 0 aliphatic carbocycles. The predicted octanol–water partition coefficient (Wildman–Crippen LogP) is 4.97. The Bertz CT molecular complexity index is 1110. The van der Waals surface area contributed by atoms with Crippen molar-refractivity contribution >= 4 is 29.8 Å². The normalized spacial score (nSPS) is 20.1. The van der Waals surface area contributed by atoms with Gasteiger partial charge in [0.25, 0.3) is 6.47 Å². The number of rotatable bonds is 5. The molecule has 2 saturated heterocycles. The summed E-state index contributed by atoms with van der Waals surface area (Å²) < 4.78 is 6.19. The second-order valence-corrected chi connectivity index (χ2v) is 10.3. The molecular formula is C27H34ClN5O4. The second kappa shape index (κ2) is 12.7. The maximum Gasteiger partial charge on any atom is 0.322 e. The molecule has 2 aromatic rings. The molecule has 198 valence electrons. The fraction of sp³-hybridized carbons (Fsp3) is 0.481. The highest BCUT2D eigenvalue weighted by Gasteiger charge is 2.38.